The summed E-state index contributed by atoms with van der Waals surface area (Å²) in [6, 6.07) is 12.0. The van der Waals surface area contributed by atoms with E-state index in [2.05, 4.69) is 15.4 Å². The first-order valence-electron chi connectivity index (χ1n) is 6.92. The number of nitrogens with one attached hydrogen (secondary N) is 1. The Morgan fingerprint density at radius 3 is 2.86 bits per heavy atom. The van der Waals surface area contributed by atoms with Crippen LogP contribution >= 0.6 is 0 Å². The number of hydrogen-bond donors (Lipinski definition) is 1. The fraction of sp³-hybridized carbons (Fsp3) is 0.125. The van der Waals surface area contributed by atoms with Gasteiger partial charge in [0.1, 0.15) is 5.69 Å². The molecule has 1 amide bonds. The molecule has 0 bridgehead atoms. The predicted octanol–water partition coefficient (Wildman–Crippen LogP) is 2.06. The summed E-state index contributed by atoms with van der Waals surface area (Å²) in [4.78, 5) is 28.1. The van der Waals surface area contributed by atoms with Crippen molar-refractivity contribution in [2.45, 2.75) is 13.5 Å². The summed E-state index contributed by atoms with van der Waals surface area (Å²) in [6.07, 6.45) is 1.70. The average Bonchev–Trinajstić information content (AvgIpc) is 2.55. The van der Waals surface area contributed by atoms with Crippen LogP contribution in [0, 0.1) is 0 Å². The van der Waals surface area contributed by atoms with Crippen molar-refractivity contribution in [3.63, 3.8) is 0 Å². The van der Waals surface area contributed by atoms with Crippen molar-refractivity contribution >= 4 is 22.5 Å². The lowest BCUT2D eigenvalue weighted by Gasteiger charge is -2.08. The Balaban J connectivity index is 1.95. The summed E-state index contributed by atoms with van der Waals surface area (Å²) in [5, 5.41) is 7.71. The van der Waals surface area contributed by atoms with Crippen LogP contribution in [0.1, 0.15) is 17.4 Å². The van der Waals surface area contributed by atoms with Gasteiger partial charge < -0.3 is 5.32 Å². The zero-order valence-electron chi connectivity index (χ0n) is 12.0. The lowest BCUT2D eigenvalue weighted by molar-refractivity contribution is 0.102. The van der Waals surface area contributed by atoms with Gasteiger partial charge in [0.25, 0.3) is 11.5 Å². The van der Waals surface area contributed by atoms with Crippen LogP contribution in [0.2, 0.25) is 0 Å². The minimum absolute atomic E-state index is 0.197. The highest BCUT2D eigenvalue weighted by Crippen LogP contribution is 2.21. The molecule has 0 aliphatic carbocycles. The van der Waals surface area contributed by atoms with Crippen LogP contribution in [0.25, 0.3) is 10.9 Å². The van der Waals surface area contributed by atoms with E-state index in [1.165, 1.54) is 16.8 Å². The standard InChI is InChI=1S/C16H14N4O2/c1-2-20-15(21)9-8-14(19-20)16(22)18-13-7-3-6-12-11(13)5-4-10-17-12/h3-10H,2H2,1H3,(H,18,22). The molecule has 0 fully saturated rings. The molecular weight excluding hydrogens is 280 g/mol. The molecule has 6 heteroatoms. The number of amides is 1. The van der Waals surface area contributed by atoms with Crippen molar-refractivity contribution in [2.24, 2.45) is 0 Å². The Morgan fingerprint density at radius 2 is 2.05 bits per heavy atom. The first-order valence-corrected chi connectivity index (χ1v) is 6.92. The molecular formula is C16H14N4O2. The van der Waals surface area contributed by atoms with E-state index in [4.69, 9.17) is 0 Å². The number of nitrogens with zero attached hydrogens (tertiary/aromatic N) is 3. The van der Waals surface area contributed by atoms with Gasteiger partial charge in [-0.3, -0.25) is 14.6 Å². The van der Waals surface area contributed by atoms with Gasteiger partial charge in [-0.1, -0.05) is 6.07 Å². The second kappa shape index (κ2) is 5.77. The second-order valence-electron chi connectivity index (χ2n) is 4.70. The van der Waals surface area contributed by atoms with Crippen molar-refractivity contribution in [1.29, 1.82) is 0 Å². The molecule has 22 heavy (non-hydrogen) atoms. The fourth-order valence-electron chi connectivity index (χ4n) is 2.20. The minimum Gasteiger partial charge on any atom is -0.320 e. The molecule has 6 nitrogen and oxygen atoms in total. The summed E-state index contributed by atoms with van der Waals surface area (Å²) in [5.74, 6) is -0.362. The molecule has 110 valence electrons. The van der Waals surface area contributed by atoms with Crippen LogP contribution in [-0.2, 0) is 6.54 Å². The van der Waals surface area contributed by atoms with Crippen molar-refractivity contribution in [1.82, 2.24) is 14.8 Å². The summed E-state index contributed by atoms with van der Waals surface area (Å²) in [5.41, 5.74) is 1.43. The van der Waals surface area contributed by atoms with Gasteiger partial charge in [0.2, 0.25) is 0 Å². The summed E-state index contributed by atoms with van der Waals surface area (Å²) >= 11 is 0. The van der Waals surface area contributed by atoms with E-state index in [9.17, 15) is 9.59 Å². The Morgan fingerprint density at radius 1 is 1.18 bits per heavy atom. The Bertz CT molecular complexity index is 897. The average molecular weight is 294 g/mol. The number of anilines is 1. The number of aryl methyl sites for hydroxylation is 1. The maximum Gasteiger partial charge on any atom is 0.276 e. The van der Waals surface area contributed by atoms with Gasteiger partial charge >= 0.3 is 0 Å². The number of hydrogen-bond acceptors (Lipinski definition) is 4. The molecule has 1 aromatic carbocycles. The highest BCUT2D eigenvalue weighted by Gasteiger charge is 2.11. The van der Waals surface area contributed by atoms with Crippen LogP contribution in [0.3, 0.4) is 0 Å². The van der Waals surface area contributed by atoms with Gasteiger partial charge in [0.15, 0.2) is 0 Å². The third kappa shape index (κ3) is 2.58. The third-order valence-corrected chi connectivity index (χ3v) is 3.29. The van der Waals surface area contributed by atoms with E-state index < -0.39 is 0 Å². The molecule has 0 saturated heterocycles. The van der Waals surface area contributed by atoms with Crippen LogP contribution in [0.15, 0.2) is 53.5 Å². The third-order valence-electron chi connectivity index (χ3n) is 3.29. The van der Waals surface area contributed by atoms with Crippen molar-refractivity contribution in [2.75, 3.05) is 5.32 Å². The van der Waals surface area contributed by atoms with Gasteiger partial charge in [-0.2, -0.15) is 5.10 Å². The number of benzene rings is 1. The maximum absolute atomic E-state index is 12.3. The van der Waals surface area contributed by atoms with Crippen molar-refractivity contribution in [3.05, 3.63) is 64.7 Å². The highest BCUT2D eigenvalue weighted by molar-refractivity contribution is 6.07. The van der Waals surface area contributed by atoms with Gasteiger partial charge in [-0.05, 0) is 37.3 Å². The quantitative estimate of drug-likeness (QED) is 0.802. The molecule has 0 saturated carbocycles. The van der Waals surface area contributed by atoms with E-state index >= 15 is 0 Å². The van der Waals surface area contributed by atoms with Gasteiger partial charge in [0, 0.05) is 24.2 Å². The summed E-state index contributed by atoms with van der Waals surface area (Å²) in [6.45, 7) is 2.21. The fourth-order valence-corrected chi connectivity index (χ4v) is 2.20. The monoisotopic (exact) mass is 294 g/mol. The highest BCUT2D eigenvalue weighted by atomic mass is 16.2. The normalized spacial score (nSPS) is 10.6. The second-order valence-corrected chi connectivity index (χ2v) is 4.70. The van der Waals surface area contributed by atoms with Crippen LogP contribution in [0.5, 0.6) is 0 Å². The molecule has 2 aromatic heterocycles. The van der Waals surface area contributed by atoms with E-state index in [0.29, 0.717) is 12.2 Å². The SMILES string of the molecule is CCn1nc(C(=O)Nc2cccc3ncccc23)ccc1=O. The largest absolute Gasteiger partial charge is 0.320 e. The van der Waals surface area contributed by atoms with E-state index in [-0.39, 0.29) is 17.2 Å². The van der Waals surface area contributed by atoms with Gasteiger partial charge in [-0.15, -0.1) is 0 Å². The topological polar surface area (TPSA) is 76.9 Å². The summed E-state index contributed by atoms with van der Waals surface area (Å²) < 4.78 is 1.25. The number of carbonyl (C=O) groups excluding carboxylic acids is 1. The van der Waals surface area contributed by atoms with E-state index in [0.717, 1.165) is 10.9 Å². The first-order chi connectivity index (χ1) is 10.7. The van der Waals surface area contributed by atoms with E-state index in [1.54, 1.807) is 19.2 Å². The Hall–Kier alpha value is -3.02. The molecule has 0 atom stereocenters. The molecule has 3 rings (SSSR count). The lowest BCUT2D eigenvalue weighted by atomic mass is 10.2. The molecule has 0 unspecified atom stereocenters. The van der Waals surface area contributed by atoms with E-state index in [1.807, 2.05) is 24.3 Å². The molecule has 0 aliphatic heterocycles. The van der Waals surface area contributed by atoms with Crippen LogP contribution in [-0.4, -0.2) is 20.7 Å². The molecule has 0 spiro atoms. The Labute approximate surface area is 126 Å². The lowest BCUT2D eigenvalue weighted by Crippen LogP contribution is -2.25. The molecule has 3 aromatic rings. The number of pyridine rings is 1. The molecule has 2 heterocycles. The van der Waals surface area contributed by atoms with Crippen molar-refractivity contribution < 1.29 is 4.79 Å². The Kier molecular flexibility index (Phi) is 3.65. The number of carbonyl (C=O) groups is 1. The zero-order chi connectivity index (χ0) is 15.5. The number of fused-ring (bicyclic) bond motifs is 1. The number of aromatic nitrogens is 3. The smallest absolute Gasteiger partial charge is 0.276 e. The minimum atomic E-state index is -0.362. The number of rotatable bonds is 3. The molecule has 0 aliphatic rings. The first kappa shape index (κ1) is 13.9. The molecule has 0 radical (unpaired) electrons. The molecule has 1 N–H and O–H groups in total. The maximum atomic E-state index is 12.3. The van der Waals surface area contributed by atoms with Gasteiger partial charge in [-0.25, -0.2) is 4.68 Å². The zero-order valence-corrected chi connectivity index (χ0v) is 12.0. The van der Waals surface area contributed by atoms with Crippen molar-refractivity contribution in [3.8, 4) is 0 Å². The van der Waals surface area contributed by atoms with Crippen LogP contribution < -0.4 is 10.9 Å². The van der Waals surface area contributed by atoms with Gasteiger partial charge in [0.05, 0.1) is 11.2 Å². The predicted molar refractivity (Wildman–Crippen MR) is 83.9 cm³/mol. The summed E-state index contributed by atoms with van der Waals surface area (Å²) in [7, 11) is 0. The van der Waals surface area contributed by atoms with Crippen LogP contribution in [0.4, 0.5) is 5.69 Å².